The molecule has 1 unspecified atom stereocenters. The second-order valence-corrected chi connectivity index (χ2v) is 7.95. The van der Waals surface area contributed by atoms with Crippen molar-refractivity contribution in [3.05, 3.63) is 35.4 Å². The summed E-state index contributed by atoms with van der Waals surface area (Å²) in [5, 5.41) is 6.43. The minimum atomic E-state index is 0.0187. The fraction of sp³-hybridized carbons (Fsp3) is 0.650. The first kappa shape index (κ1) is 15.9. The van der Waals surface area contributed by atoms with Crippen LogP contribution in [0.2, 0.25) is 0 Å². The van der Waals surface area contributed by atoms with E-state index in [0.29, 0.717) is 11.5 Å². The van der Waals surface area contributed by atoms with E-state index < -0.39 is 0 Å². The number of hydrogen-bond acceptors (Lipinski definition) is 2. The van der Waals surface area contributed by atoms with E-state index in [1.165, 1.54) is 24.0 Å². The minimum absolute atomic E-state index is 0.0187. The highest BCUT2D eigenvalue weighted by Gasteiger charge is 2.41. The molecule has 4 nitrogen and oxygen atoms in total. The summed E-state index contributed by atoms with van der Waals surface area (Å²) >= 11 is 0. The first-order valence-electron chi connectivity index (χ1n) is 9.44. The molecular weight excluding hydrogens is 300 g/mol. The van der Waals surface area contributed by atoms with Crippen LogP contribution in [0, 0.1) is 5.41 Å². The Kier molecular flexibility index (Phi) is 4.49. The lowest BCUT2D eigenvalue weighted by Crippen LogP contribution is -2.51. The number of hydrogen-bond donors (Lipinski definition) is 2. The van der Waals surface area contributed by atoms with Crippen LogP contribution in [0.25, 0.3) is 0 Å². The third kappa shape index (κ3) is 3.44. The molecule has 1 saturated carbocycles. The SMILES string of the molecule is O=C(NC1CCC2(CC1)COC2)NC1CCCc2ccccc2C1. The number of carbonyl (C=O) groups excluding carboxylic acids is 1. The monoisotopic (exact) mass is 328 g/mol. The number of rotatable bonds is 2. The van der Waals surface area contributed by atoms with Gasteiger partial charge in [-0.25, -0.2) is 4.79 Å². The Morgan fingerprint density at radius 3 is 2.42 bits per heavy atom. The van der Waals surface area contributed by atoms with Gasteiger partial charge in [0.05, 0.1) is 13.2 Å². The Bertz CT molecular complexity index is 587. The lowest BCUT2D eigenvalue weighted by atomic mass is 9.71. The number of amides is 2. The lowest BCUT2D eigenvalue weighted by Gasteiger charge is -2.46. The molecule has 2 N–H and O–H groups in total. The summed E-state index contributed by atoms with van der Waals surface area (Å²) in [6.45, 7) is 1.85. The number of aryl methyl sites for hydroxylation is 1. The van der Waals surface area contributed by atoms with Gasteiger partial charge in [0.15, 0.2) is 0 Å². The maximum Gasteiger partial charge on any atom is 0.315 e. The number of ether oxygens (including phenoxy) is 1. The topological polar surface area (TPSA) is 50.4 Å². The summed E-state index contributed by atoms with van der Waals surface area (Å²) in [7, 11) is 0. The van der Waals surface area contributed by atoms with Gasteiger partial charge in [-0.3, -0.25) is 0 Å². The summed E-state index contributed by atoms with van der Waals surface area (Å²) in [5.41, 5.74) is 3.28. The molecule has 1 aromatic carbocycles. The summed E-state index contributed by atoms with van der Waals surface area (Å²) in [6, 6.07) is 9.24. The van der Waals surface area contributed by atoms with Crippen molar-refractivity contribution in [2.75, 3.05) is 13.2 Å². The summed E-state index contributed by atoms with van der Waals surface area (Å²) in [4.78, 5) is 12.4. The van der Waals surface area contributed by atoms with Gasteiger partial charge in [-0.2, -0.15) is 0 Å². The molecule has 2 amide bonds. The zero-order valence-electron chi connectivity index (χ0n) is 14.4. The van der Waals surface area contributed by atoms with Crippen LogP contribution < -0.4 is 10.6 Å². The highest BCUT2D eigenvalue weighted by molar-refractivity contribution is 5.74. The normalized spacial score (nSPS) is 26.1. The van der Waals surface area contributed by atoms with Crippen molar-refractivity contribution in [1.29, 1.82) is 0 Å². The van der Waals surface area contributed by atoms with Crippen LogP contribution in [0.3, 0.4) is 0 Å². The summed E-state index contributed by atoms with van der Waals surface area (Å²) in [5.74, 6) is 0. The van der Waals surface area contributed by atoms with Crippen molar-refractivity contribution < 1.29 is 9.53 Å². The van der Waals surface area contributed by atoms with E-state index in [1.54, 1.807) is 0 Å². The van der Waals surface area contributed by atoms with Crippen molar-refractivity contribution in [3.63, 3.8) is 0 Å². The second kappa shape index (κ2) is 6.75. The molecule has 2 fully saturated rings. The number of urea groups is 1. The Balaban J connectivity index is 1.27. The maximum atomic E-state index is 12.4. The molecule has 4 rings (SSSR count). The van der Waals surface area contributed by atoms with E-state index in [9.17, 15) is 4.79 Å². The molecule has 130 valence electrons. The van der Waals surface area contributed by atoms with Gasteiger partial charge in [0.1, 0.15) is 0 Å². The lowest BCUT2D eigenvalue weighted by molar-refractivity contribution is -0.133. The molecule has 3 aliphatic rings. The average molecular weight is 328 g/mol. The second-order valence-electron chi connectivity index (χ2n) is 7.95. The van der Waals surface area contributed by atoms with Crippen LogP contribution >= 0.6 is 0 Å². The van der Waals surface area contributed by atoms with Crippen molar-refractivity contribution in [2.24, 2.45) is 5.41 Å². The molecule has 1 heterocycles. The van der Waals surface area contributed by atoms with Crippen LogP contribution in [-0.2, 0) is 17.6 Å². The number of nitrogens with one attached hydrogen (secondary N) is 2. The predicted octanol–water partition coefficient (Wildman–Crippen LogP) is 3.19. The van der Waals surface area contributed by atoms with Crippen LogP contribution in [0.5, 0.6) is 0 Å². The van der Waals surface area contributed by atoms with Crippen LogP contribution in [0.4, 0.5) is 4.79 Å². The first-order chi connectivity index (χ1) is 11.7. The number of carbonyl (C=O) groups is 1. The van der Waals surface area contributed by atoms with Gasteiger partial charge >= 0.3 is 6.03 Å². The highest BCUT2D eigenvalue weighted by Crippen LogP contribution is 2.42. The van der Waals surface area contributed by atoms with Crippen LogP contribution in [-0.4, -0.2) is 31.3 Å². The molecule has 1 saturated heterocycles. The van der Waals surface area contributed by atoms with Crippen molar-refractivity contribution >= 4 is 6.03 Å². The van der Waals surface area contributed by atoms with Gasteiger partial charge in [-0.05, 0) is 62.5 Å². The summed E-state index contributed by atoms with van der Waals surface area (Å²) < 4.78 is 5.37. The zero-order valence-corrected chi connectivity index (χ0v) is 14.4. The minimum Gasteiger partial charge on any atom is -0.380 e. The molecule has 1 aliphatic heterocycles. The third-order valence-corrected chi connectivity index (χ3v) is 6.12. The van der Waals surface area contributed by atoms with Gasteiger partial charge in [0.2, 0.25) is 0 Å². The molecule has 0 bridgehead atoms. The molecule has 2 aliphatic carbocycles. The number of benzene rings is 1. The van der Waals surface area contributed by atoms with Crippen molar-refractivity contribution in [1.82, 2.24) is 10.6 Å². The van der Waals surface area contributed by atoms with E-state index in [2.05, 4.69) is 34.9 Å². The van der Waals surface area contributed by atoms with E-state index >= 15 is 0 Å². The van der Waals surface area contributed by atoms with Crippen LogP contribution in [0.15, 0.2) is 24.3 Å². The quantitative estimate of drug-likeness (QED) is 0.819. The molecule has 1 aromatic rings. The largest absolute Gasteiger partial charge is 0.380 e. The van der Waals surface area contributed by atoms with Gasteiger partial charge in [-0.1, -0.05) is 24.3 Å². The molecule has 0 aromatic heterocycles. The Morgan fingerprint density at radius 1 is 1.00 bits per heavy atom. The Labute approximate surface area is 144 Å². The van der Waals surface area contributed by atoms with E-state index in [1.807, 2.05) is 0 Å². The highest BCUT2D eigenvalue weighted by atomic mass is 16.5. The maximum absolute atomic E-state index is 12.4. The molecule has 4 heteroatoms. The molecular formula is C20H28N2O2. The smallest absolute Gasteiger partial charge is 0.315 e. The molecule has 0 radical (unpaired) electrons. The van der Waals surface area contributed by atoms with Crippen LogP contribution in [0.1, 0.15) is 49.7 Å². The summed E-state index contributed by atoms with van der Waals surface area (Å²) in [6.07, 6.45) is 8.84. The van der Waals surface area contributed by atoms with E-state index in [-0.39, 0.29) is 12.1 Å². The average Bonchev–Trinajstić information content (AvgIpc) is 2.75. The molecule has 24 heavy (non-hydrogen) atoms. The first-order valence-corrected chi connectivity index (χ1v) is 9.44. The predicted molar refractivity (Wildman–Crippen MR) is 94.0 cm³/mol. The van der Waals surface area contributed by atoms with Gasteiger partial charge in [0, 0.05) is 17.5 Å². The Morgan fingerprint density at radius 2 is 1.71 bits per heavy atom. The van der Waals surface area contributed by atoms with E-state index in [0.717, 1.165) is 51.7 Å². The van der Waals surface area contributed by atoms with Crippen molar-refractivity contribution in [2.45, 2.75) is 63.5 Å². The fourth-order valence-corrected chi connectivity index (χ4v) is 4.50. The number of fused-ring (bicyclic) bond motifs is 1. The van der Waals surface area contributed by atoms with Gasteiger partial charge in [-0.15, -0.1) is 0 Å². The Hall–Kier alpha value is -1.55. The standard InChI is InChI=1S/C20H28N2O2/c23-19(21-17-8-10-20(11-9-17)13-24-14-20)22-18-7-3-6-15-4-1-2-5-16(15)12-18/h1-2,4-5,17-18H,3,6-14H2,(H2,21,22,23). The zero-order chi connectivity index (χ0) is 16.4. The fourth-order valence-electron chi connectivity index (χ4n) is 4.50. The van der Waals surface area contributed by atoms with Crippen molar-refractivity contribution in [3.8, 4) is 0 Å². The molecule has 1 spiro atoms. The third-order valence-electron chi connectivity index (χ3n) is 6.12. The van der Waals surface area contributed by atoms with Gasteiger partial charge < -0.3 is 15.4 Å². The van der Waals surface area contributed by atoms with E-state index in [4.69, 9.17) is 4.74 Å². The molecule has 1 atom stereocenters. The van der Waals surface area contributed by atoms with Gasteiger partial charge in [0.25, 0.3) is 0 Å².